The number of nitrogens with zero attached hydrogens (tertiary/aromatic N) is 1. The first-order valence-electron chi connectivity index (χ1n) is 6.04. The topological polar surface area (TPSA) is 64.1 Å². The Bertz CT molecular complexity index is 541. The van der Waals surface area contributed by atoms with Gasteiger partial charge in [0.1, 0.15) is 5.76 Å². The number of anilines is 2. The first kappa shape index (κ1) is 12.5. The van der Waals surface area contributed by atoms with Crippen LogP contribution < -0.4 is 11.1 Å². The third-order valence-electron chi connectivity index (χ3n) is 3.14. The first-order valence-corrected chi connectivity index (χ1v) is 6.04. The van der Waals surface area contributed by atoms with E-state index in [0.717, 1.165) is 34.0 Å². The predicted molar refractivity (Wildman–Crippen MR) is 73.6 cm³/mol. The van der Waals surface area contributed by atoms with E-state index in [1.54, 1.807) is 0 Å². The zero-order chi connectivity index (χ0) is 13.3. The lowest BCUT2D eigenvalue weighted by atomic mass is 10.1. The van der Waals surface area contributed by atoms with Crippen LogP contribution in [0.2, 0.25) is 0 Å². The van der Waals surface area contributed by atoms with E-state index >= 15 is 0 Å². The van der Waals surface area contributed by atoms with Crippen molar-refractivity contribution in [2.45, 2.75) is 33.7 Å². The Balaban J connectivity index is 2.24. The molecule has 0 spiro atoms. The maximum atomic E-state index is 5.75. The fourth-order valence-corrected chi connectivity index (χ4v) is 2.26. The quantitative estimate of drug-likeness (QED) is 0.814. The Morgan fingerprint density at radius 2 is 2.00 bits per heavy atom. The zero-order valence-corrected chi connectivity index (χ0v) is 11.2. The molecular weight excluding hydrogens is 226 g/mol. The molecule has 0 aliphatic rings. The van der Waals surface area contributed by atoms with Gasteiger partial charge in [0, 0.05) is 16.9 Å². The Morgan fingerprint density at radius 3 is 2.56 bits per heavy atom. The van der Waals surface area contributed by atoms with Crippen LogP contribution in [0.15, 0.2) is 22.7 Å². The van der Waals surface area contributed by atoms with Crippen molar-refractivity contribution in [1.82, 2.24) is 5.16 Å². The van der Waals surface area contributed by atoms with Crippen LogP contribution in [0.4, 0.5) is 11.4 Å². The molecule has 0 radical (unpaired) electrons. The van der Waals surface area contributed by atoms with E-state index in [-0.39, 0.29) is 6.04 Å². The molecular formula is C14H19N3O. The molecule has 4 heteroatoms. The predicted octanol–water partition coefficient (Wildman–Crippen LogP) is 3.36. The fraction of sp³-hybridized carbons (Fsp3) is 0.357. The third-order valence-corrected chi connectivity index (χ3v) is 3.14. The molecule has 0 aliphatic heterocycles. The van der Waals surface area contributed by atoms with Crippen LogP contribution in [0, 0.1) is 20.8 Å². The SMILES string of the molecule is Cc1cc(N)ccc1NC(C)c1c(C)noc1C. The molecule has 1 aromatic heterocycles. The Kier molecular flexibility index (Phi) is 3.28. The normalized spacial score (nSPS) is 12.4. The van der Waals surface area contributed by atoms with E-state index in [1.807, 2.05) is 39.0 Å². The van der Waals surface area contributed by atoms with Crippen molar-refractivity contribution in [2.75, 3.05) is 11.1 Å². The maximum absolute atomic E-state index is 5.75. The Morgan fingerprint density at radius 1 is 1.28 bits per heavy atom. The number of aryl methyl sites for hydroxylation is 3. The molecule has 2 aromatic rings. The van der Waals surface area contributed by atoms with Gasteiger partial charge in [0.25, 0.3) is 0 Å². The van der Waals surface area contributed by atoms with E-state index < -0.39 is 0 Å². The summed E-state index contributed by atoms with van der Waals surface area (Å²) in [5, 5.41) is 7.45. The molecule has 0 saturated carbocycles. The minimum Gasteiger partial charge on any atom is -0.399 e. The highest BCUT2D eigenvalue weighted by Gasteiger charge is 2.16. The Hall–Kier alpha value is -1.97. The zero-order valence-electron chi connectivity index (χ0n) is 11.2. The molecule has 1 heterocycles. The maximum Gasteiger partial charge on any atom is 0.139 e. The van der Waals surface area contributed by atoms with Crippen molar-refractivity contribution in [2.24, 2.45) is 0 Å². The van der Waals surface area contributed by atoms with Gasteiger partial charge in [-0.2, -0.15) is 0 Å². The molecule has 0 aliphatic carbocycles. The van der Waals surface area contributed by atoms with E-state index in [2.05, 4.69) is 17.4 Å². The summed E-state index contributed by atoms with van der Waals surface area (Å²) < 4.78 is 5.19. The minimum atomic E-state index is 0.151. The van der Waals surface area contributed by atoms with E-state index in [4.69, 9.17) is 10.3 Å². The number of nitrogen functional groups attached to an aromatic ring is 1. The number of hydrogen-bond donors (Lipinski definition) is 2. The van der Waals surface area contributed by atoms with Gasteiger partial charge in [0.15, 0.2) is 0 Å². The van der Waals surface area contributed by atoms with Crippen molar-refractivity contribution in [3.05, 3.63) is 40.8 Å². The lowest BCUT2D eigenvalue weighted by Gasteiger charge is -2.17. The van der Waals surface area contributed by atoms with Gasteiger partial charge in [-0.1, -0.05) is 5.16 Å². The summed E-state index contributed by atoms with van der Waals surface area (Å²) in [6, 6.07) is 6.01. The summed E-state index contributed by atoms with van der Waals surface area (Å²) in [4.78, 5) is 0. The van der Waals surface area contributed by atoms with Crippen molar-refractivity contribution < 1.29 is 4.52 Å². The van der Waals surface area contributed by atoms with Crippen LogP contribution in [0.25, 0.3) is 0 Å². The van der Waals surface area contributed by atoms with Gasteiger partial charge in [0.05, 0.1) is 11.7 Å². The van der Waals surface area contributed by atoms with Crippen LogP contribution in [0.3, 0.4) is 0 Å². The summed E-state index contributed by atoms with van der Waals surface area (Å²) >= 11 is 0. The summed E-state index contributed by atoms with van der Waals surface area (Å²) in [5.41, 5.74) is 10.8. The smallest absolute Gasteiger partial charge is 0.139 e. The van der Waals surface area contributed by atoms with Crippen LogP contribution >= 0.6 is 0 Å². The fourth-order valence-electron chi connectivity index (χ4n) is 2.26. The summed E-state index contributed by atoms with van der Waals surface area (Å²) in [5.74, 6) is 0.862. The van der Waals surface area contributed by atoms with E-state index in [9.17, 15) is 0 Å². The van der Waals surface area contributed by atoms with Crippen LogP contribution in [-0.4, -0.2) is 5.16 Å². The number of hydrogen-bond acceptors (Lipinski definition) is 4. The molecule has 2 rings (SSSR count). The second-order valence-electron chi connectivity index (χ2n) is 4.68. The molecule has 18 heavy (non-hydrogen) atoms. The molecule has 1 aromatic carbocycles. The summed E-state index contributed by atoms with van der Waals surface area (Å²) in [6.07, 6.45) is 0. The molecule has 4 nitrogen and oxygen atoms in total. The molecule has 0 saturated heterocycles. The molecule has 0 bridgehead atoms. The lowest BCUT2D eigenvalue weighted by Crippen LogP contribution is -2.09. The molecule has 1 atom stereocenters. The third kappa shape index (κ3) is 2.32. The van der Waals surface area contributed by atoms with Crippen LogP contribution in [0.1, 0.15) is 35.5 Å². The van der Waals surface area contributed by atoms with Gasteiger partial charge in [-0.15, -0.1) is 0 Å². The average Bonchev–Trinajstić information content (AvgIpc) is 2.62. The summed E-state index contributed by atoms with van der Waals surface area (Å²) in [6.45, 7) is 8.03. The van der Waals surface area contributed by atoms with Gasteiger partial charge in [-0.25, -0.2) is 0 Å². The van der Waals surface area contributed by atoms with Crippen LogP contribution in [-0.2, 0) is 0 Å². The molecule has 0 amide bonds. The lowest BCUT2D eigenvalue weighted by molar-refractivity contribution is 0.392. The second kappa shape index (κ2) is 4.72. The summed E-state index contributed by atoms with van der Waals surface area (Å²) in [7, 11) is 0. The number of benzene rings is 1. The number of nitrogens with two attached hydrogens (primary N) is 1. The van der Waals surface area contributed by atoms with Gasteiger partial charge < -0.3 is 15.6 Å². The van der Waals surface area contributed by atoms with Crippen molar-refractivity contribution in [3.8, 4) is 0 Å². The highest BCUT2D eigenvalue weighted by molar-refractivity contribution is 5.58. The van der Waals surface area contributed by atoms with Gasteiger partial charge in [-0.05, 0) is 51.5 Å². The van der Waals surface area contributed by atoms with Crippen molar-refractivity contribution in [3.63, 3.8) is 0 Å². The average molecular weight is 245 g/mol. The number of nitrogens with one attached hydrogen (secondary N) is 1. The monoisotopic (exact) mass is 245 g/mol. The first-order chi connectivity index (χ1) is 8.49. The number of rotatable bonds is 3. The number of aromatic nitrogens is 1. The highest BCUT2D eigenvalue weighted by Crippen LogP contribution is 2.27. The van der Waals surface area contributed by atoms with E-state index in [0.29, 0.717) is 0 Å². The molecule has 96 valence electrons. The molecule has 1 unspecified atom stereocenters. The highest BCUT2D eigenvalue weighted by atomic mass is 16.5. The largest absolute Gasteiger partial charge is 0.399 e. The van der Waals surface area contributed by atoms with E-state index in [1.165, 1.54) is 0 Å². The molecule has 0 fully saturated rings. The van der Waals surface area contributed by atoms with Crippen molar-refractivity contribution in [1.29, 1.82) is 0 Å². The van der Waals surface area contributed by atoms with Gasteiger partial charge >= 0.3 is 0 Å². The van der Waals surface area contributed by atoms with Gasteiger partial charge in [-0.3, -0.25) is 0 Å². The minimum absolute atomic E-state index is 0.151. The van der Waals surface area contributed by atoms with Gasteiger partial charge in [0.2, 0.25) is 0 Å². The van der Waals surface area contributed by atoms with Crippen LogP contribution in [0.5, 0.6) is 0 Å². The Labute approximate surface area is 107 Å². The van der Waals surface area contributed by atoms with Crippen molar-refractivity contribution >= 4 is 11.4 Å². The molecule has 3 N–H and O–H groups in total. The standard InChI is InChI=1S/C14H19N3O/c1-8-7-12(15)5-6-13(8)16-9(2)14-10(3)17-18-11(14)4/h5-7,9,16H,15H2,1-4H3. The second-order valence-corrected chi connectivity index (χ2v) is 4.68.